The molecule has 0 fully saturated rings. The zero-order valence-electron chi connectivity index (χ0n) is 11.0. The van der Waals surface area contributed by atoms with Crippen molar-refractivity contribution in [3.05, 3.63) is 0 Å². The van der Waals surface area contributed by atoms with Crippen LogP contribution in [0.15, 0.2) is 0 Å². The lowest BCUT2D eigenvalue weighted by molar-refractivity contribution is -0.137. The summed E-state index contributed by atoms with van der Waals surface area (Å²) in [7, 11) is 0. The van der Waals surface area contributed by atoms with Crippen LogP contribution in [-0.4, -0.2) is 23.0 Å². The van der Waals surface area contributed by atoms with Crippen molar-refractivity contribution in [2.45, 2.75) is 71.3 Å². The Bertz CT molecular complexity index is 229. The average molecular weight is 243 g/mol. The minimum atomic E-state index is -0.775. The Labute approximate surface area is 104 Å². The minimum absolute atomic E-state index is 0.0769. The van der Waals surface area contributed by atoms with Crippen LogP contribution in [0.25, 0.3) is 0 Å². The van der Waals surface area contributed by atoms with E-state index in [9.17, 15) is 9.59 Å². The quantitative estimate of drug-likeness (QED) is 0.580. The molecule has 0 aromatic heterocycles. The molecule has 17 heavy (non-hydrogen) atoms. The second kappa shape index (κ2) is 10.1. The van der Waals surface area contributed by atoms with Crippen molar-refractivity contribution in [3.8, 4) is 0 Å². The van der Waals surface area contributed by atoms with Gasteiger partial charge in [-0.1, -0.05) is 26.2 Å². The van der Waals surface area contributed by atoms with Crippen molar-refractivity contribution >= 4 is 11.9 Å². The summed E-state index contributed by atoms with van der Waals surface area (Å²) >= 11 is 0. The van der Waals surface area contributed by atoms with Crippen molar-refractivity contribution < 1.29 is 14.7 Å². The third-order valence-electron chi connectivity index (χ3n) is 2.69. The molecule has 0 aromatic carbocycles. The molecule has 0 aliphatic carbocycles. The summed E-state index contributed by atoms with van der Waals surface area (Å²) in [5.74, 6) is -0.688. The number of hydrogen-bond acceptors (Lipinski definition) is 2. The largest absolute Gasteiger partial charge is 0.481 e. The van der Waals surface area contributed by atoms with Gasteiger partial charge in [0.1, 0.15) is 0 Å². The van der Waals surface area contributed by atoms with Gasteiger partial charge in [-0.15, -0.1) is 0 Å². The molecule has 0 rings (SSSR count). The van der Waals surface area contributed by atoms with E-state index in [2.05, 4.69) is 12.2 Å². The van der Waals surface area contributed by atoms with E-state index in [0.717, 1.165) is 19.3 Å². The zero-order chi connectivity index (χ0) is 13.1. The molecular weight excluding hydrogens is 218 g/mol. The topological polar surface area (TPSA) is 66.4 Å². The second-order valence-electron chi connectivity index (χ2n) is 4.57. The van der Waals surface area contributed by atoms with E-state index in [1.54, 1.807) is 0 Å². The molecule has 100 valence electrons. The van der Waals surface area contributed by atoms with Gasteiger partial charge in [0.15, 0.2) is 0 Å². The van der Waals surface area contributed by atoms with Gasteiger partial charge in [-0.05, 0) is 26.2 Å². The summed E-state index contributed by atoms with van der Waals surface area (Å²) in [5.41, 5.74) is 0. The number of unbranched alkanes of at least 4 members (excludes halogenated alkanes) is 3. The molecule has 0 heterocycles. The average Bonchev–Trinajstić information content (AvgIpc) is 2.23. The number of carboxylic acids is 1. The first kappa shape index (κ1) is 15.9. The number of nitrogens with one attached hydrogen (secondary N) is 1. The summed E-state index contributed by atoms with van der Waals surface area (Å²) < 4.78 is 0. The van der Waals surface area contributed by atoms with Gasteiger partial charge in [0.25, 0.3) is 0 Å². The van der Waals surface area contributed by atoms with Gasteiger partial charge < -0.3 is 10.4 Å². The lowest BCUT2D eigenvalue weighted by atomic mass is 10.1. The maximum absolute atomic E-state index is 11.5. The van der Waals surface area contributed by atoms with Crippen LogP contribution in [0.2, 0.25) is 0 Å². The van der Waals surface area contributed by atoms with Crippen LogP contribution >= 0.6 is 0 Å². The molecular formula is C13H25NO3. The molecule has 0 aromatic rings. The Morgan fingerprint density at radius 3 is 2.41 bits per heavy atom. The first-order chi connectivity index (χ1) is 8.06. The fraction of sp³-hybridized carbons (Fsp3) is 0.846. The van der Waals surface area contributed by atoms with Crippen LogP contribution in [-0.2, 0) is 9.59 Å². The molecule has 0 aliphatic heterocycles. The summed E-state index contributed by atoms with van der Waals surface area (Å²) in [6.07, 6.45) is 6.52. The van der Waals surface area contributed by atoms with Gasteiger partial charge in [0.05, 0.1) is 0 Å². The van der Waals surface area contributed by atoms with Gasteiger partial charge in [-0.3, -0.25) is 9.59 Å². The van der Waals surface area contributed by atoms with Gasteiger partial charge in [0.2, 0.25) is 5.91 Å². The lowest BCUT2D eigenvalue weighted by Crippen LogP contribution is -2.32. The SMILES string of the molecule is CCCCCCC(=O)NC(C)CCCC(=O)O. The van der Waals surface area contributed by atoms with Crippen molar-refractivity contribution in [3.63, 3.8) is 0 Å². The van der Waals surface area contributed by atoms with Gasteiger partial charge in [-0.2, -0.15) is 0 Å². The maximum Gasteiger partial charge on any atom is 0.303 e. The minimum Gasteiger partial charge on any atom is -0.481 e. The van der Waals surface area contributed by atoms with E-state index in [-0.39, 0.29) is 18.4 Å². The Morgan fingerprint density at radius 1 is 1.12 bits per heavy atom. The molecule has 1 atom stereocenters. The van der Waals surface area contributed by atoms with Crippen LogP contribution in [0.3, 0.4) is 0 Å². The second-order valence-corrected chi connectivity index (χ2v) is 4.57. The van der Waals surface area contributed by atoms with E-state index in [1.165, 1.54) is 12.8 Å². The molecule has 1 amide bonds. The zero-order valence-corrected chi connectivity index (χ0v) is 11.0. The highest BCUT2D eigenvalue weighted by Gasteiger charge is 2.07. The predicted octanol–water partition coefficient (Wildman–Crippen LogP) is 2.72. The Balaban J connectivity index is 3.48. The third kappa shape index (κ3) is 11.2. The monoisotopic (exact) mass is 243 g/mol. The molecule has 0 aliphatic rings. The highest BCUT2D eigenvalue weighted by atomic mass is 16.4. The van der Waals surface area contributed by atoms with Crippen LogP contribution in [0.5, 0.6) is 0 Å². The van der Waals surface area contributed by atoms with Gasteiger partial charge in [-0.25, -0.2) is 0 Å². The number of hydrogen-bond donors (Lipinski definition) is 2. The first-order valence-electron chi connectivity index (χ1n) is 6.57. The number of amides is 1. The molecule has 0 radical (unpaired) electrons. The third-order valence-corrected chi connectivity index (χ3v) is 2.69. The molecule has 4 heteroatoms. The molecule has 0 saturated carbocycles. The summed E-state index contributed by atoms with van der Waals surface area (Å²) in [5, 5.41) is 11.4. The van der Waals surface area contributed by atoms with Crippen LogP contribution in [0, 0.1) is 0 Å². The first-order valence-corrected chi connectivity index (χ1v) is 6.57. The van der Waals surface area contributed by atoms with E-state index in [1.807, 2.05) is 6.92 Å². The van der Waals surface area contributed by atoms with E-state index < -0.39 is 5.97 Å². The summed E-state index contributed by atoms with van der Waals surface area (Å²) in [4.78, 5) is 21.8. The summed E-state index contributed by atoms with van der Waals surface area (Å²) in [6, 6.07) is 0.0769. The molecule has 4 nitrogen and oxygen atoms in total. The number of aliphatic carboxylic acids is 1. The van der Waals surface area contributed by atoms with Crippen LogP contribution in [0.1, 0.15) is 65.2 Å². The highest BCUT2D eigenvalue weighted by Crippen LogP contribution is 2.04. The molecule has 0 saturated heterocycles. The maximum atomic E-state index is 11.5. The van der Waals surface area contributed by atoms with Crippen LogP contribution in [0.4, 0.5) is 0 Å². The van der Waals surface area contributed by atoms with Crippen molar-refractivity contribution in [2.75, 3.05) is 0 Å². The molecule has 0 spiro atoms. The van der Waals surface area contributed by atoms with Gasteiger partial charge in [0, 0.05) is 18.9 Å². The van der Waals surface area contributed by atoms with Gasteiger partial charge >= 0.3 is 5.97 Å². The van der Waals surface area contributed by atoms with E-state index in [0.29, 0.717) is 12.8 Å². The van der Waals surface area contributed by atoms with Crippen molar-refractivity contribution in [2.24, 2.45) is 0 Å². The van der Waals surface area contributed by atoms with Crippen molar-refractivity contribution in [1.29, 1.82) is 0 Å². The Kier molecular flexibility index (Phi) is 9.49. The lowest BCUT2D eigenvalue weighted by Gasteiger charge is -2.13. The van der Waals surface area contributed by atoms with Crippen molar-refractivity contribution in [1.82, 2.24) is 5.32 Å². The standard InChI is InChI=1S/C13H25NO3/c1-3-4-5-6-9-12(15)14-11(2)8-7-10-13(16)17/h11H,3-10H2,1-2H3,(H,14,15)(H,16,17). The normalized spacial score (nSPS) is 12.1. The number of rotatable bonds is 10. The molecule has 1 unspecified atom stereocenters. The fourth-order valence-corrected chi connectivity index (χ4v) is 1.69. The smallest absolute Gasteiger partial charge is 0.303 e. The van der Waals surface area contributed by atoms with E-state index in [4.69, 9.17) is 5.11 Å². The Hall–Kier alpha value is -1.06. The highest BCUT2D eigenvalue weighted by molar-refractivity contribution is 5.76. The molecule has 2 N–H and O–H groups in total. The fourth-order valence-electron chi connectivity index (χ4n) is 1.69. The number of carbonyl (C=O) groups excluding carboxylic acids is 1. The summed E-state index contributed by atoms with van der Waals surface area (Å²) in [6.45, 7) is 4.07. The number of carbonyl (C=O) groups is 2. The van der Waals surface area contributed by atoms with E-state index >= 15 is 0 Å². The number of carboxylic acid groups (broad SMARTS) is 1. The predicted molar refractivity (Wildman–Crippen MR) is 67.9 cm³/mol. The molecule has 0 bridgehead atoms. The Morgan fingerprint density at radius 2 is 1.82 bits per heavy atom. The van der Waals surface area contributed by atoms with Crippen LogP contribution < -0.4 is 5.32 Å².